The molecule has 3 rings (SSSR count). The molecule has 2 aliphatic rings. The maximum atomic E-state index is 5.83. The van der Waals surface area contributed by atoms with Crippen LogP contribution in [0.1, 0.15) is 31.2 Å². The molecule has 2 nitrogen and oxygen atoms in total. The van der Waals surface area contributed by atoms with Crippen molar-refractivity contribution in [2.24, 2.45) is 0 Å². The van der Waals surface area contributed by atoms with Gasteiger partial charge in [-0.15, -0.1) is 0 Å². The molecule has 85 valence electrons. The summed E-state index contributed by atoms with van der Waals surface area (Å²) in [6.45, 7) is 3.19. The molecular formula is C14H18NO. The van der Waals surface area contributed by atoms with Crippen LogP contribution in [-0.2, 0) is 0 Å². The SMILES string of the molecule is [CH]1CCOc2c1cccc2N1CCCCC1. The summed E-state index contributed by atoms with van der Waals surface area (Å²) in [6, 6.07) is 6.50. The van der Waals surface area contributed by atoms with Crippen molar-refractivity contribution in [3.8, 4) is 5.75 Å². The number of fused-ring (bicyclic) bond motifs is 1. The zero-order valence-electron chi connectivity index (χ0n) is 9.61. The lowest BCUT2D eigenvalue weighted by molar-refractivity contribution is 0.306. The van der Waals surface area contributed by atoms with E-state index in [1.54, 1.807) is 0 Å². The minimum atomic E-state index is 0.831. The minimum absolute atomic E-state index is 0.831. The molecule has 16 heavy (non-hydrogen) atoms. The molecule has 0 unspecified atom stereocenters. The van der Waals surface area contributed by atoms with Crippen molar-refractivity contribution in [2.45, 2.75) is 25.7 Å². The van der Waals surface area contributed by atoms with Crippen LogP contribution < -0.4 is 9.64 Å². The highest BCUT2D eigenvalue weighted by Crippen LogP contribution is 2.37. The van der Waals surface area contributed by atoms with Crippen molar-refractivity contribution in [2.75, 3.05) is 24.6 Å². The average Bonchev–Trinajstić information content (AvgIpc) is 2.39. The summed E-state index contributed by atoms with van der Waals surface area (Å²) in [5, 5.41) is 0. The van der Waals surface area contributed by atoms with Gasteiger partial charge in [0.05, 0.1) is 12.3 Å². The number of hydrogen-bond donors (Lipinski definition) is 0. The number of hydrogen-bond acceptors (Lipinski definition) is 2. The molecule has 1 radical (unpaired) electrons. The molecule has 1 saturated heterocycles. The van der Waals surface area contributed by atoms with Gasteiger partial charge < -0.3 is 9.64 Å². The highest BCUT2D eigenvalue weighted by molar-refractivity contribution is 5.64. The number of para-hydroxylation sites is 1. The Hall–Kier alpha value is -1.18. The largest absolute Gasteiger partial charge is 0.491 e. The van der Waals surface area contributed by atoms with Gasteiger partial charge in [-0.25, -0.2) is 0 Å². The van der Waals surface area contributed by atoms with Crippen LogP contribution in [-0.4, -0.2) is 19.7 Å². The van der Waals surface area contributed by atoms with E-state index in [0.29, 0.717) is 0 Å². The standard InChI is InChI=1S/C14H18NO/c1-2-9-15(10-3-1)13-8-4-6-12-7-5-11-16-14(12)13/h4,6-8H,1-3,5,9-11H2. The van der Waals surface area contributed by atoms with Crippen LogP contribution in [0.25, 0.3) is 0 Å². The molecule has 2 heterocycles. The second-order valence-electron chi connectivity index (χ2n) is 4.58. The van der Waals surface area contributed by atoms with E-state index in [4.69, 9.17) is 4.74 Å². The van der Waals surface area contributed by atoms with Gasteiger partial charge in [-0.05, 0) is 38.2 Å². The second kappa shape index (κ2) is 4.36. The number of ether oxygens (including phenoxy) is 1. The van der Waals surface area contributed by atoms with Crippen molar-refractivity contribution in [1.82, 2.24) is 0 Å². The molecular weight excluding hydrogens is 198 g/mol. The van der Waals surface area contributed by atoms with Crippen LogP contribution in [0.15, 0.2) is 18.2 Å². The Bertz CT molecular complexity index is 369. The van der Waals surface area contributed by atoms with E-state index in [1.165, 1.54) is 43.6 Å². The van der Waals surface area contributed by atoms with Crippen LogP contribution in [0.4, 0.5) is 5.69 Å². The van der Waals surface area contributed by atoms with Crippen LogP contribution >= 0.6 is 0 Å². The highest BCUT2D eigenvalue weighted by Gasteiger charge is 2.19. The van der Waals surface area contributed by atoms with Gasteiger partial charge in [0, 0.05) is 18.7 Å². The maximum absolute atomic E-state index is 5.83. The molecule has 0 N–H and O–H groups in total. The van der Waals surface area contributed by atoms with Crippen molar-refractivity contribution >= 4 is 5.69 Å². The van der Waals surface area contributed by atoms with Gasteiger partial charge in [0.25, 0.3) is 0 Å². The van der Waals surface area contributed by atoms with Crippen molar-refractivity contribution < 1.29 is 4.74 Å². The number of piperidine rings is 1. The van der Waals surface area contributed by atoms with E-state index in [-0.39, 0.29) is 0 Å². The predicted molar refractivity (Wildman–Crippen MR) is 66.0 cm³/mol. The van der Waals surface area contributed by atoms with Crippen LogP contribution in [0.3, 0.4) is 0 Å². The molecule has 1 fully saturated rings. The molecule has 1 aromatic rings. The zero-order chi connectivity index (χ0) is 10.8. The average molecular weight is 216 g/mol. The molecule has 0 aliphatic carbocycles. The summed E-state index contributed by atoms with van der Waals surface area (Å²) in [5.41, 5.74) is 2.57. The van der Waals surface area contributed by atoms with E-state index >= 15 is 0 Å². The van der Waals surface area contributed by atoms with Gasteiger partial charge in [-0.3, -0.25) is 0 Å². The van der Waals surface area contributed by atoms with Crippen LogP contribution in [0, 0.1) is 6.42 Å². The molecule has 0 saturated carbocycles. The summed E-state index contributed by atoms with van der Waals surface area (Å²) in [5.74, 6) is 1.11. The van der Waals surface area contributed by atoms with Gasteiger partial charge in [0.15, 0.2) is 0 Å². The molecule has 0 spiro atoms. The lowest BCUT2D eigenvalue weighted by atomic mass is 10.0. The monoisotopic (exact) mass is 216 g/mol. The number of nitrogens with zero attached hydrogens (tertiary/aromatic N) is 1. The maximum Gasteiger partial charge on any atom is 0.146 e. The fourth-order valence-corrected chi connectivity index (χ4v) is 2.62. The Morgan fingerprint density at radius 2 is 1.94 bits per heavy atom. The smallest absolute Gasteiger partial charge is 0.146 e. The van der Waals surface area contributed by atoms with E-state index in [9.17, 15) is 0 Å². The Morgan fingerprint density at radius 1 is 1.06 bits per heavy atom. The van der Waals surface area contributed by atoms with Gasteiger partial charge in [-0.1, -0.05) is 12.1 Å². The second-order valence-corrected chi connectivity index (χ2v) is 4.58. The lowest BCUT2D eigenvalue weighted by Gasteiger charge is -2.32. The zero-order valence-corrected chi connectivity index (χ0v) is 9.61. The lowest BCUT2D eigenvalue weighted by Crippen LogP contribution is -2.30. The Labute approximate surface area is 97.2 Å². The third-order valence-corrected chi connectivity index (χ3v) is 3.45. The Morgan fingerprint density at radius 3 is 2.81 bits per heavy atom. The van der Waals surface area contributed by atoms with Gasteiger partial charge in [-0.2, -0.15) is 0 Å². The van der Waals surface area contributed by atoms with E-state index in [2.05, 4.69) is 29.5 Å². The van der Waals surface area contributed by atoms with E-state index < -0.39 is 0 Å². The fourth-order valence-electron chi connectivity index (χ4n) is 2.62. The molecule has 0 bridgehead atoms. The number of rotatable bonds is 1. The third kappa shape index (κ3) is 1.77. The first-order chi connectivity index (χ1) is 7.95. The summed E-state index contributed by atoms with van der Waals surface area (Å²) in [4.78, 5) is 2.47. The normalized spacial score (nSPS) is 20.1. The van der Waals surface area contributed by atoms with Crippen LogP contribution in [0.2, 0.25) is 0 Å². The predicted octanol–water partition coefficient (Wildman–Crippen LogP) is 3.01. The summed E-state index contributed by atoms with van der Waals surface area (Å²) in [6.07, 6.45) is 7.32. The first kappa shape index (κ1) is 10.0. The molecule has 2 aliphatic heterocycles. The molecule has 1 aromatic carbocycles. The van der Waals surface area contributed by atoms with Gasteiger partial charge in [0.1, 0.15) is 5.75 Å². The first-order valence-corrected chi connectivity index (χ1v) is 6.29. The number of benzene rings is 1. The quantitative estimate of drug-likeness (QED) is 0.715. The van der Waals surface area contributed by atoms with Crippen molar-refractivity contribution in [3.63, 3.8) is 0 Å². The molecule has 0 atom stereocenters. The fraction of sp³-hybridized carbons (Fsp3) is 0.500. The summed E-state index contributed by atoms with van der Waals surface area (Å²) >= 11 is 0. The van der Waals surface area contributed by atoms with Gasteiger partial charge >= 0.3 is 0 Å². The van der Waals surface area contributed by atoms with E-state index in [1.807, 2.05) is 0 Å². The third-order valence-electron chi connectivity index (χ3n) is 3.45. The highest BCUT2D eigenvalue weighted by atomic mass is 16.5. The Balaban J connectivity index is 1.93. The molecule has 2 heteroatoms. The van der Waals surface area contributed by atoms with E-state index in [0.717, 1.165) is 18.8 Å². The van der Waals surface area contributed by atoms with Crippen molar-refractivity contribution in [3.05, 3.63) is 30.2 Å². The summed E-state index contributed by atoms with van der Waals surface area (Å²) < 4.78 is 5.83. The first-order valence-electron chi connectivity index (χ1n) is 6.29. The minimum Gasteiger partial charge on any atom is -0.491 e. The van der Waals surface area contributed by atoms with Gasteiger partial charge in [0.2, 0.25) is 0 Å². The summed E-state index contributed by atoms with van der Waals surface area (Å²) in [7, 11) is 0. The topological polar surface area (TPSA) is 12.5 Å². The number of anilines is 1. The Kier molecular flexibility index (Phi) is 2.73. The molecule has 0 amide bonds. The van der Waals surface area contributed by atoms with Crippen LogP contribution in [0.5, 0.6) is 5.75 Å². The molecule has 0 aromatic heterocycles. The van der Waals surface area contributed by atoms with Crippen molar-refractivity contribution in [1.29, 1.82) is 0 Å².